The Balaban J connectivity index is 1.89. The highest BCUT2D eigenvalue weighted by Crippen LogP contribution is 2.24. The van der Waals surface area contributed by atoms with Crippen molar-refractivity contribution in [2.24, 2.45) is 11.3 Å². The molecule has 1 saturated heterocycles. The average molecular weight is 302 g/mol. The summed E-state index contributed by atoms with van der Waals surface area (Å²) in [6.07, 6.45) is 1.47. The van der Waals surface area contributed by atoms with Crippen molar-refractivity contribution in [2.45, 2.75) is 40.5 Å². The van der Waals surface area contributed by atoms with Crippen LogP contribution >= 0.6 is 0 Å². The maximum absolute atomic E-state index is 12.3. The number of anilines is 1. The van der Waals surface area contributed by atoms with Crippen LogP contribution in [-0.2, 0) is 9.59 Å². The van der Waals surface area contributed by atoms with Gasteiger partial charge in [-0.15, -0.1) is 0 Å². The van der Waals surface area contributed by atoms with Crippen LogP contribution in [0.4, 0.5) is 5.69 Å². The van der Waals surface area contributed by atoms with Gasteiger partial charge in [-0.2, -0.15) is 0 Å². The minimum absolute atomic E-state index is 0.00969. The number of rotatable bonds is 2. The van der Waals surface area contributed by atoms with Crippen molar-refractivity contribution in [3.8, 4) is 0 Å². The second kappa shape index (κ2) is 6.51. The van der Waals surface area contributed by atoms with Gasteiger partial charge < -0.3 is 10.2 Å². The highest BCUT2D eigenvalue weighted by Gasteiger charge is 2.32. The van der Waals surface area contributed by atoms with E-state index in [0.717, 1.165) is 24.1 Å². The Hall–Kier alpha value is -1.84. The molecule has 0 aliphatic carbocycles. The van der Waals surface area contributed by atoms with Crippen LogP contribution in [0.25, 0.3) is 0 Å². The number of carbonyl (C=O) groups excluding carboxylic acids is 2. The van der Waals surface area contributed by atoms with Gasteiger partial charge in [0.25, 0.3) is 0 Å². The summed E-state index contributed by atoms with van der Waals surface area (Å²) in [5.74, 6) is 0.225. The number of amides is 2. The number of nitrogens with zero attached hydrogens (tertiary/aromatic N) is 1. The van der Waals surface area contributed by atoms with Gasteiger partial charge in [0.05, 0.1) is 0 Å². The van der Waals surface area contributed by atoms with E-state index in [2.05, 4.69) is 5.32 Å². The lowest BCUT2D eigenvalue weighted by molar-refractivity contribution is -0.142. The number of hydrogen-bond donors (Lipinski definition) is 1. The van der Waals surface area contributed by atoms with Crippen LogP contribution in [0.1, 0.15) is 39.2 Å². The number of aryl methyl sites for hydroxylation is 1. The molecule has 22 heavy (non-hydrogen) atoms. The minimum atomic E-state index is -0.351. The van der Waals surface area contributed by atoms with E-state index in [1.54, 1.807) is 0 Å². The minimum Gasteiger partial charge on any atom is -0.342 e. The number of nitrogens with one attached hydrogen (secondary N) is 1. The van der Waals surface area contributed by atoms with Crippen molar-refractivity contribution in [3.63, 3.8) is 0 Å². The molecular formula is C18H26N2O2. The van der Waals surface area contributed by atoms with Crippen LogP contribution in [0.3, 0.4) is 0 Å². The molecule has 1 heterocycles. The molecule has 0 saturated carbocycles. The third-order valence-electron chi connectivity index (χ3n) is 4.08. The van der Waals surface area contributed by atoms with Gasteiger partial charge >= 0.3 is 0 Å². The largest absolute Gasteiger partial charge is 0.342 e. The molecule has 4 heteroatoms. The third kappa shape index (κ3) is 4.09. The first-order valence-corrected chi connectivity index (χ1v) is 7.94. The topological polar surface area (TPSA) is 49.4 Å². The predicted octanol–water partition coefficient (Wildman–Crippen LogP) is 3.22. The quantitative estimate of drug-likeness (QED) is 0.912. The van der Waals surface area contributed by atoms with Crippen molar-refractivity contribution >= 4 is 17.5 Å². The molecule has 1 fully saturated rings. The zero-order valence-corrected chi connectivity index (χ0v) is 14.0. The highest BCUT2D eigenvalue weighted by molar-refractivity contribution is 5.93. The molecule has 0 atom stereocenters. The molecule has 0 aromatic heterocycles. The Kier molecular flexibility index (Phi) is 4.89. The summed E-state index contributed by atoms with van der Waals surface area (Å²) in [5, 5.41) is 2.98. The van der Waals surface area contributed by atoms with E-state index >= 15 is 0 Å². The van der Waals surface area contributed by atoms with E-state index < -0.39 is 0 Å². The second-order valence-electron chi connectivity index (χ2n) is 7.18. The Morgan fingerprint density at radius 2 is 1.82 bits per heavy atom. The van der Waals surface area contributed by atoms with Crippen LogP contribution in [0.2, 0.25) is 0 Å². The average Bonchev–Trinajstić information content (AvgIpc) is 2.45. The molecule has 1 N–H and O–H groups in total. The van der Waals surface area contributed by atoms with E-state index in [4.69, 9.17) is 0 Å². The monoisotopic (exact) mass is 302 g/mol. The molecule has 1 aliphatic heterocycles. The van der Waals surface area contributed by atoms with E-state index in [-0.39, 0.29) is 23.1 Å². The number of hydrogen-bond acceptors (Lipinski definition) is 2. The Morgan fingerprint density at radius 1 is 1.18 bits per heavy atom. The van der Waals surface area contributed by atoms with Crippen LogP contribution in [0, 0.1) is 18.3 Å². The zero-order chi connectivity index (χ0) is 16.3. The fourth-order valence-electron chi connectivity index (χ4n) is 2.79. The molecule has 120 valence electrons. The molecule has 1 aromatic carbocycles. The van der Waals surface area contributed by atoms with E-state index in [0.29, 0.717) is 13.1 Å². The van der Waals surface area contributed by atoms with Gasteiger partial charge in [-0.3, -0.25) is 9.59 Å². The fourth-order valence-corrected chi connectivity index (χ4v) is 2.79. The molecule has 0 radical (unpaired) electrons. The van der Waals surface area contributed by atoms with Crippen LogP contribution in [-0.4, -0.2) is 29.8 Å². The summed E-state index contributed by atoms with van der Waals surface area (Å²) in [7, 11) is 0. The van der Waals surface area contributed by atoms with E-state index in [1.807, 2.05) is 56.9 Å². The lowest BCUT2D eigenvalue weighted by atomic mass is 9.90. The Labute approximate surface area is 132 Å². The molecule has 0 unspecified atom stereocenters. The van der Waals surface area contributed by atoms with Gasteiger partial charge in [0.2, 0.25) is 11.8 Å². The Bertz CT molecular complexity index is 552. The lowest BCUT2D eigenvalue weighted by Crippen LogP contribution is -2.45. The van der Waals surface area contributed by atoms with Gasteiger partial charge in [0.1, 0.15) is 0 Å². The predicted molar refractivity (Wildman–Crippen MR) is 88.6 cm³/mol. The molecule has 0 spiro atoms. The van der Waals surface area contributed by atoms with Gasteiger partial charge in [-0.05, 0) is 37.5 Å². The maximum Gasteiger partial charge on any atom is 0.227 e. The smallest absolute Gasteiger partial charge is 0.227 e. The number of benzene rings is 1. The van der Waals surface area contributed by atoms with E-state index in [9.17, 15) is 9.59 Å². The van der Waals surface area contributed by atoms with Gasteiger partial charge in [0.15, 0.2) is 0 Å². The van der Waals surface area contributed by atoms with Gasteiger partial charge in [-0.1, -0.05) is 32.9 Å². The van der Waals surface area contributed by atoms with Crippen LogP contribution in [0.15, 0.2) is 24.3 Å². The van der Waals surface area contributed by atoms with Crippen molar-refractivity contribution in [2.75, 3.05) is 18.4 Å². The number of carbonyl (C=O) groups is 2. The highest BCUT2D eigenvalue weighted by atomic mass is 16.2. The van der Waals surface area contributed by atoms with Crippen molar-refractivity contribution in [3.05, 3.63) is 29.8 Å². The van der Waals surface area contributed by atoms with Crippen molar-refractivity contribution in [1.29, 1.82) is 0 Å². The molecule has 0 bridgehead atoms. The first-order chi connectivity index (χ1) is 10.3. The number of likely N-dealkylation sites (tertiary alicyclic amines) is 1. The summed E-state index contributed by atoms with van der Waals surface area (Å²) in [6, 6.07) is 7.82. The summed E-state index contributed by atoms with van der Waals surface area (Å²) in [4.78, 5) is 26.5. The summed E-state index contributed by atoms with van der Waals surface area (Å²) >= 11 is 0. The maximum atomic E-state index is 12.3. The standard InChI is InChI=1S/C18H26N2O2/c1-13-6-5-7-15(12-13)19-16(21)14-8-10-20(11-9-14)17(22)18(2,3)4/h5-7,12,14H,8-11H2,1-4H3,(H,19,21). The first-order valence-electron chi connectivity index (χ1n) is 7.94. The fraction of sp³-hybridized carbons (Fsp3) is 0.556. The molecule has 2 rings (SSSR count). The summed E-state index contributed by atoms with van der Waals surface area (Å²) in [5.41, 5.74) is 1.62. The number of piperidine rings is 1. The molecule has 2 amide bonds. The van der Waals surface area contributed by atoms with Crippen molar-refractivity contribution in [1.82, 2.24) is 4.90 Å². The third-order valence-corrected chi connectivity index (χ3v) is 4.08. The molecular weight excluding hydrogens is 276 g/mol. The summed E-state index contributed by atoms with van der Waals surface area (Å²) < 4.78 is 0. The zero-order valence-electron chi connectivity index (χ0n) is 14.0. The molecule has 4 nitrogen and oxygen atoms in total. The molecule has 1 aromatic rings. The summed E-state index contributed by atoms with van der Waals surface area (Å²) in [6.45, 7) is 9.15. The van der Waals surface area contributed by atoms with E-state index in [1.165, 1.54) is 0 Å². The van der Waals surface area contributed by atoms with Crippen LogP contribution in [0.5, 0.6) is 0 Å². The normalized spacial score (nSPS) is 16.5. The SMILES string of the molecule is Cc1cccc(NC(=O)C2CCN(C(=O)C(C)(C)C)CC2)c1. The van der Waals surface area contributed by atoms with Crippen LogP contribution < -0.4 is 5.32 Å². The van der Waals surface area contributed by atoms with Gasteiger partial charge in [0, 0.05) is 30.1 Å². The first kappa shape index (κ1) is 16.5. The van der Waals surface area contributed by atoms with Crippen molar-refractivity contribution < 1.29 is 9.59 Å². The molecule has 1 aliphatic rings. The Morgan fingerprint density at radius 3 is 2.36 bits per heavy atom. The van der Waals surface area contributed by atoms with Gasteiger partial charge in [-0.25, -0.2) is 0 Å². The lowest BCUT2D eigenvalue weighted by Gasteiger charge is -2.35. The second-order valence-corrected chi connectivity index (χ2v) is 7.18.